The van der Waals surface area contributed by atoms with E-state index in [0.717, 1.165) is 6.42 Å². The molecule has 4 nitrogen and oxygen atoms in total. The molecule has 1 amide bonds. The van der Waals surface area contributed by atoms with Gasteiger partial charge in [-0.25, -0.2) is 8.42 Å². The van der Waals surface area contributed by atoms with Crippen LogP contribution in [0.5, 0.6) is 0 Å². The Bertz CT molecular complexity index is 635. The lowest BCUT2D eigenvalue weighted by molar-refractivity contribution is -0.128. The molecule has 0 unspecified atom stereocenters. The first-order valence-corrected chi connectivity index (χ1v) is 7.80. The molecule has 1 aromatic rings. The van der Waals surface area contributed by atoms with E-state index in [-0.39, 0.29) is 16.6 Å². The van der Waals surface area contributed by atoms with Gasteiger partial charge in [-0.3, -0.25) is 4.79 Å². The van der Waals surface area contributed by atoms with Crippen LogP contribution in [0.4, 0.5) is 5.69 Å². The van der Waals surface area contributed by atoms with Gasteiger partial charge in [-0.1, -0.05) is 18.0 Å². The summed E-state index contributed by atoms with van der Waals surface area (Å²) in [6.45, 7) is 0. The molecular formula is C12H12ClNO3S. The second-order valence-corrected chi connectivity index (χ2v) is 7.38. The summed E-state index contributed by atoms with van der Waals surface area (Å²) < 4.78 is 24.7. The number of carbonyl (C=O) groups is 1. The number of hydrogen-bond donors (Lipinski definition) is 1. The van der Waals surface area contributed by atoms with Crippen LogP contribution in [0.1, 0.15) is 19.3 Å². The summed E-state index contributed by atoms with van der Waals surface area (Å²) in [5.41, 5.74) is -0.391. The second kappa shape index (κ2) is 3.71. The fourth-order valence-electron chi connectivity index (χ4n) is 2.59. The lowest BCUT2D eigenvalue weighted by Crippen LogP contribution is -2.45. The van der Waals surface area contributed by atoms with Crippen LogP contribution in [0.3, 0.4) is 0 Å². The molecule has 0 saturated heterocycles. The number of nitrogens with one attached hydrogen (secondary N) is 1. The van der Waals surface area contributed by atoms with E-state index >= 15 is 0 Å². The van der Waals surface area contributed by atoms with E-state index in [9.17, 15) is 13.2 Å². The molecule has 1 N–H and O–H groups in total. The molecule has 0 aromatic heterocycles. The lowest BCUT2D eigenvalue weighted by atomic mass is 9.69. The van der Waals surface area contributed by atoms with Crippen LogP contribution in [0.2, 0.25) is 5.02 Å². The Morgan fingerprint density at radius 3 is 2.61 bits per heavy atom. The maximum atomic E-state index is 12.3. The molecule has 1 fully saturated rings. The van der Waals surface area contributed by atoms with E-state index < -0.39 is 15.3 Å². The number of hydrogen-bond acceptors (Lipinski definition) is 3. The average Bonchev–Trinajstić information content (AvgIpc) is 2.33. The van der Waals surface area contributed by atoms with Gasteiger partial charge in [0, 0.05) is 5.02 Å². The molecule has 1 saturated carbocycles. The number of fused-ring (bicyclic) bond motifs is 1. The van der Waals surface area contributed by atoms with Crippen molar-refractivity contribution in [3.05, 3.63) is 23.2 Å². The normalized spacial score (nSPS) is 23.7. The van der Waals surface area contributed by atoms with Crippen LogP contribution in [-0.4, -0.2) is 20.1 Å². The summed E-state index contributed by atoms with van der Waals surface area (Å²) in [5, 5.41) is 3.08. The molecule has 6 heteroatoms. The summed E-state index contributed by atoms with van der Waals surface area (Å²) in [4.78, 5) is 12.3. The first kappa shape index (κ1) is 12.0. The van der Waals surface area contributed by atoms with Crippen molar-refractivity contribution < 1.29 is 13.2 Å². The van der Waals surface area contributed by atoms with Gasteiger partial charge in [0.15, 0.2) is 9.84 Å². The highest BCUT2D eigenvalue weighted by molar-refractivity contribution is 7.91. The number of anilines is 1. The quantitative estimate of drug-likeness (QED) is 0.795. The van der Waals surface area contributed by atoms with Crippen molar-refractivity contribution in [1.82, 2.24) is 0 Å². The van der Waals surface area contributed by atoms with Crippen LogP contribution < -0.4 is 5.32 Å². The van der Waals surface area contributed by atoms with Crippen molar-refractivity contribution in [3.63, 3.8) is 0 Å². The Morgan fingerprint density at radius 1 is 1.28 bits per heavy atom. The Morgan fingerprint density at radius 2 is 2.00 bits per heavy atom. The third-order valence-corrected chi connectivity index (χ3v) is 5.96. The van der Waals surface area contributed by atoms with Crippen LogP contribution in [0.15, 0.2) is 23.1 Å². The molecule has 1 aliphatic carbocycles. The number of sulfone groups is 1. The molecule has 96 valence electrons. The number of carbonyl (C=O) groups excluding carboxylic acids is 1. The second-order valence-electron chi connectivity index (χ2n) is 4.99. The van der Waals surface area contributed by atoms with Crippen molar-refractivity contribution in [2.75, 3.05) is 11.1 Å². The third kappa shape index (κ3) is 1.65. The minimum atomic E-state index is -3.47. The molecule has 0 atom stereocenters. The Balaban J connectivity index is 2.17. The van der Waals surface area contributed by atoms with Crippen molar-refractivity contribution in [3.8, 4) is 0 Å². The van der Waals surface area contributed by atoms with Crippen LogP contribution in [-0.2, 0) is 14.6 Å². The van der Waals surface area contributed by atoms with Gasteiger partial charge >= 0.3 is 0 Å². The summed E-state index contributed by atoms with van der Waals surface area (Å²) in [6.07, 6.45) is 2.18. The van der Waals surface area contributed by atoms with E-state index in [0.29, 0.717) is 23.6 Å². The van der Waals surface area contributed by atoms with Crippen LogP contribution in [0.25, 0.3) is 0 Å². The SMILES string of the molecule is O=C1Nc2ccc(Cl)cc2S(=O)(=O)CC12CCC2. The molecular weight excluding hydrogens is 274 g/mol. The zero-order valence-corrected chi connectivity index (χ0v) is 11.1. The summed E-state index contributed by atoms with van der Waals surface area (Å²) in [6, 6.07) is 4.53. The number of rotatable bonds is 0. The average molecular weight is 286 g/mol. The summed E-state index contributed by atoms with van der Waals surface area (Å²) in [5.74, 6) is -0.294. The maximum absolute atomic E-state index is 12.3. The van der Waals surface area contributed by atoms with Crippen molar-refractivity contribution in [2.24, 2.45) is 5.41 Å². The molecule has 1 heterocycles. The molecule has 2 aliphatic rings. The van der Waals surface area contributed by atoms with Gasteiger partial charge in [-0.15, -0.1) is 0 Å². The van der Waals surface area contributed by atoms with E-state index in [4.69, 9.17) is 11.6 Å². The van der Waals surface area contributed by atoms with Crippen molar-refractivity contribution >= 4 is 33.0 Å². The third-order valence-electron chi connectivity index (χ3n) is 3.79. The zero-order chi connectivity index (χ0) is 13.0. The number of halogens is 1. The first-order chi connectivity index (χ1) is 8.43. The summed E-state index contributed by atoms with van der Waals surface area (Å²) >= 11 is 5.84. The lowest BCUT2D eigenvalue weighted by Gasteiger charge is -2.38. The standard InChI is InChI=1S/C12H12ClNO3S/c13-8-2-3-9-10(6-8)18(16,17)7-12(4-1-5-12)11(15)14-9/h2-3,6H,1,4-5,7H2,(H,14,15). The predicted octanol–water partition coefficient (Wildman–Crippen LogP) is 2.24. The molecule has 0 bridgehead atoms. The summed E-state index contributed by atoms with van der Waals surface area (Å²) in [7, 11) is -3.47. The highest BCUT2D eigenvalue weighted by Crippen LogP contribution is 2.46. The van der Waals surface area contributed by atoms with E-state index in [2.05, 4.69) is 5.32 Å². The van der Waals surface area contributed by atoms with E-state index in [1.54, 1.807) is 12.1 Å². The molecule has 1 aromatic carbocycles. The number of amides is 1. The zero-order valence-electron chi connectivity index (χ0n) is 9.57. The molecule has 1 aliphatic heterocycles. The highest BCUT2D eigenvalue weighted by atomic mass is 35.5. The minimum absolute atomic E-state index is 0.112. The van der Waals surface area contributed by atoms with E-state index in [1.807, 2.05) is 0 Å². The van der Waals surface area contributed by atoms with Crippen molar-refractivity contribution in [1.29, 1.82) is 0 Å². The Kier molecular flexibility index (Phi) is 2.47. The smallest absolute Gasteiger partial charge is 0.231 e. The molecule has 3 rings (SSSR count). The Hall–Kier alpha value is -1.07. The largest absolute Gasteiger partial charge is 0.324 e. The fraction of sp³-hybridized carbons (Fsp3) is 0.417. The minimum Gasteiger partial charge on any atom is -0.324 e. The van der Waals surface area contributed by atoms with Crippen LogP contribution in [0, 0.1) is 5.41 Å². The Labute approximate surface area is 110 Å². The molecule has 18 heavy (non-hydrogen) atoms. The molecule has 0 radical (unpaired) electrons. The fourth-order valence-corrected chi connectivity index (χ4v) is 4.89. The maximum Gasteiger partial charge on any atom is 0.231 e. The van der Waals surface area contributed by atoms with Gasteiger partial charge in [-0.2, -0.15) is 0 Å². The van der Waals surface area contributed by atoms with Gasteiger partial charge in [0.05, 0.1) is 21.8 Å². The van der Waals surface area contributed by atoms with Gasteiger partial charge in [0.1, 0.15) is 0 Å². The first-order valence-electron chi connectivity index (χ1n) is 5.77. The van der Waals surface area contributed by atoms with Gasteiger partial charge in [0.2, 0.25) is 5.91 Å². The van der Waals surface area contributed by atoms with Gasteiger partial charge in [-0.05, 0) is 31.0 Å². The van der Waals surface area contributed by atoms with Crippen LogP contribution >= 0.6 is 11.6 Å². The predicted molar refractivity (Wildman–Crippen MR) is 68.4 cm³/mol. The van der Waals surface area contributed by atoms with Crippen molar-refractivity contribution in [2.45, 2.75) is 24.2 Å². The molecule has 1 spiro atoms. The van der Waals surface area contributed by atoms with E-state index in [1.165, 1.54) is 6.07 Å². The monoisotopic (exact) mass is 285 g/mol. The van der Waals surface area contributed by atoms with Gasteiger partial charge < -0.3 is 5.32 Å². The van der Waals surface area contributed by atoms with Gasteiger partial charge in [0.25, 0.3) is 0 Å². The highest BCUT2D eigenvalue weighted by Gasteiger charge is 2.49. The number of benzene rings is 1. The topological polar surface area (TPSA) is 63.2 Å².